The van der Waals surface area contributed by atoms with Gasteiger partial charge in [0.15, 0.2) is 12.1 Å². The van der Waals surface area contributed by atoms with E-state index in [2.05, 4.69) is 21.0 Å². The van der Waals surface area contributed by atoms with Crippen molar-refractivity contribution in [3.8, 4) is 17.2 Å². The van der Waals surface area contributed by atoms with E-state index in [0.29, 0.717) is 25.0 Å². The molecule has 0 radical (unpaired) electrons. The molecule has 19 heteroatoms. The first-order valence-corrected chi connectivity index (χ1v) is 20.9. The first kappa shape index (κ1) is 46.2. The van der Waals surface area contributed by atoms with Crippen molar-refractivity contribution in [3.05, 3.63) is 51.6 Å². The highest BCUT2D eigenvalue weighted by atomic mass is 32.2. The minimum absolute atomic E-state index is 0.0110. The van der Waals surface area contributed by atoms with Crippen LogP contribution in [0, 0.1) is 0 Å². The number of oxime groups is 1. The minimum atomic E-state index is -1.91. The molecule has 0 aromatic heterocycles. The summed E-state index contributed by atoms with van der Waals surface area (Å²) in [7, 11) is 1.34. The van der Waals surface area contributed by atoms with E-state index in [1.54, 1.807) is 13.8 Å². The van der Waals surface area contributed by atoms with Crippen molar-refractivity contribution in [2.75, 3.05) is 25.3 Å². The summed E-state index contributed by atoms with van der Waals surface area (Å²) in [6, 6.07) is 3.70. The molecule has 6 atom stereocenters. The average Bonchev–Trinajstić information content (AvgIpc) is 3.20. The number of fused-ring (bicyclic) bond motifs is 3. The Kier molecular flexibility index (Phi) is 15.5. The van der Waals surface area contributed by atoms with Gasteiger partial charge in [0.2, 0.25) is 11.7 Å². The fourth-order valence-corrected chi connectivity index (χ4v) is 8.18. The number of phenols is 2. The molecule has 18 nitrogen and oxygen atoms in total. The highest BCUT2D eigenvalue weighted by Crippen LogP contribution is 2.52. The Morgan fingerprint density at radius 3 is 2.48 bits per heavy atom. The molecule has 0 saturated carbocycles. The first-order valence-electron chi connectivity index (χ1n) is 19.7. The maximum atomic E-state index is 14.0. The molecule has 3 unspecified atom stereocenters. The second-order valence-corrected chi connectivity index (χ2v) is 16.0. The Bertz CT molecular complexity index is 2050. The molecular weight excluding hydrogens is 803 g/mol. The zero-order valence-electron chi connectivity index (χ0n) is 34.2. The third-order valence-electron chi connectivity index (χ3n) is 10.6. The maximum absolute atomic E-state index is 14.0. The third-order valence-corrected chi connectivity index (χ3v) is 11.6. The standard InChI is InChI=1S/C41H53N5O13S/c1-6-28(44-45-29(48)13-8-7-9-14-57-46-21(3)40(54)43-19-60-18-20(2)47)41(55)16-24-32(27(17-41)59-30-15-25(42)35(49)22(4)58-30)39(53)34-33(37(24)51)36(50)23-11-10-12-26(56-5)31(23)38(34)52/h10-12,22,25,27,30,35,49,51,53,55H,6-9,13-19,42H2,1-5H3,(H,43,54)(H,45,48)/b44-28+,46-21+/t22-,25?,27-,30?,35?,41-/m0/s1. The third kappa shape index (κ3) is 10.2. The van der Waals surface area contributed by atoms with Gasteiger partial charge in [0.05, 0.1) is 59.5 Å². The van der Waals surface area contributed by atoms with Gasteiger partial charge in [-0.1, -0.05) is 24.2 Å². The monoisotopic (exact) mass is 855 g/mol. The molecule has 1 aliphatic heterocycles. The lowest BCUT2D eigenvalue weighted by molar-refractivity contribution is -0.245. The van der Waals surface area contributed by atoms with Gasteiger partial charge in [0.1, 0.15) is 41.0 Å². The molecule has 326 valence electrons. The average molecular weight is 856 g/mol. The second kappa shape index (κ2) is 20.1. The number of thioether (sulfide) groups is 1. The van der Waals surface area contributed by atoms with Crippen LogP contribution in [0.25, 0.3) is 0 Å². The number of benzene rings is 2. The van der Waals surface area contributed by atoms with Crippen molar-refractivity contribution in [2.45, 2.75) is 115 Å². The highest BCUT2D eigenvalue weighted by molar-refractivity contribution is 7.99. The number of nitrogens with one attached hydrogen (secondary N) is 2. The van der Waals surface area contributed by atoms with E-state index in [1.165, 1.54) is 50.9 Å². The molecule has 2 aromatic carbocycles. The van der Waals surface area contributed by atoms with Gasteiger partial charge in [-0.3, -0.25) is 24.0 Å². The number of aliphatic hydroxyl groups is 2. The SMILES string of the molecule is CC/C(=N\NC(=O)CCCCCO/N=C(\C)C(=O)NCSCC(C)=O)[C@]1(O)Cc2c(O)c3c(c(O)c2[C@@H](OC2CC(N)C(O)[C@H](C)O2)C1)C(=O)c1c(OC)cccc1C3=O. The summed E-state index contributed by atoms with van der Waals surface area (Å²) in [6.45, 7) is 6.50. The van der Waals surface area contributed by atoms with Crippen molar-refractivity contribution >= 4 is 52.3 Å². The molecule has 1 saturated heterocycles. The van der Waals surface area contributed by atoms with Crippen molar-refractivity contribution in [3.63, 3.8) is 0 Å². The van der Waals surface area contributed by atoms with Gasteiger partial charge in [-0.15, -0.1) is 11.8 Å². The summed E-state index contributed by atoms with van der Waals surface area (Å²) in [6.07, 6.45) is -2.88. The molecule has 2 aromatic rings. The summed E-state index contributed by atoms with van der Waals surface area (Å²) in [5.74, 6) is -2.92. The Morgan fingerprint density at radius 2 is 1.80 bits per heavy atom. The largest absolute Gasteiger partial charge is 0.507 e. The Labute approximate surface area is 351 Å². The topological polar surface area (TPSA) is 278 Å². The Balaban J connectivity index is 1.31. The summed E-state index contributed by atoms with van der Waals surface area (Å²) in [4.78, 5) is 69.2. The highest BCUT2D eigenvalue weighted by Gasteiger charge is 2.49. The lowest BCUT2D eigenvalue weighted by Gasteiger charge is -2.43. The van der Waals surface area contributed by atoms with E-state index in [1.807, 2.05) is 0 Å². The fraction of sp³-hybridized carbons (Fsp3) is 0.537. The van der Waals surface area contributed by atoms with Crippen LogP contribution in [0.2, 0.25) is 0 Å². The number of hydrogen-bond donors (Lipinski definition) is 7. The maximum Gasteiger partial charge on any atom is 0.269 e. The number of ether oxygens (including phenoxy) is 3. The minimum Gasteiger partial charge on any atom is -0.507 e. The fourth-order valence-electron chi connectivity index (χ4n) is 7.56. The normalized spacial score (nSPS) is 23.9. The quantitative estimate of drug-likeness (QED) is 0.0319. The van der Waals surface area contributed by atoms with Gasteiger partial charge in [0.25, 0.3) is 5.91 Å². The van der Waals surface area contributed by atoms with Crippen molar-refractivity contribution in [1.29, 1.82) is 0 Å². The number of unbranched alkanes of at least 4 members (excludes halogenated alkanes) is 2. The molecule has 0 spiro atoms. The second-order valence-electron chi connectivity index (χ2n) is 15.0. The number of hydrogen-bond acceptors (Lipinski definition) is 17. The van der Waals surface area contributed by atoms with E-state index in [9.17, 15) is 44.4 Å². The molecule has 1 fully saturated rings. The molecule has 1 heterocycles. The van der Waals surface area contributed by atoms with Crippen LogP contribution in [0.15, 0.2) is 28.5 Å². The van der Waals surface area contributed by atoms with Crippen LogP contribution >= 0.6 is 11.8 Å². The van der Waals surface area contributed by atoms with Crippen LogP contribution in [-0.4, -0.2) is 117 Å². The van der Waals surface area contributed by atoms with Gasteiger partial charge in [-0.05, 0) is 52.5 Å². The van der Waals surface area contributed by atoms with Crippen molar-refractivity contribution in [2.24, 2.45) is 16.0 Å². The summed E-state index contributed by atoms with van der Waals surface area (Å²) < 4.78 is 17.6. The van der Waals surface area contributed by atoms with Crippen LogP contribution in [0.4, 0.5) is 0 Å². The van der Waals surface area contributed by atoms with Crippen LogP contribution < -0.4 is 21.2 Å². The predicted molar refractivity (Wildman–Crippen MR) is 219 cm³/mol. The number of amides is 2. The van der Waals surface area contributed by atoms with Crippen LogP contribution in [0.3, 0.4) is 0 Å². The van der Waals surface area contributed by atoms with Gasteiger partial charge in [0, 0.05) is 48.4 Å². The van der Waals surface area contributed by atoms with Gasteiger partial charge in [-0.2, -0.15) is 5.10 Å². The number of carbonyl (C=O) groups excluding carboxylic acids is 5. The molecule has 2 amide bonds. The summed E-state index contributed by atoms with van der Waals surface area (Å²) in [5.41, 5.74) is 5.90. The lowest BCUT2D eigenvalue weighted by atomic mass is 9.71. The van der Waals surface area contributed by atoms with Gasteiger partial charge in [-0.25, -0.2) is 5.43 Å². The summed E-state index contributed by atoms with van der Waals surface area (Å²) in [5, 5.41) is 57.2. The molecule has 60 heavy (non-hydrogen) atoms. The zero-order chi connectivity index (χ0) is 43.9. The number of methoxy groups -OCH3 is 1. The molecule has 3 aliphatic rings. The van der Waals surface area contributed by atoms with E-state index < -0.39 is 82.3 Å². The lowest BCUT2D eigenvalue weighted by Crippen LogP contribution is -2.52. The number of nitrogens with two attached hydrogens (primary N) is 1. The number of phenolic OH excluding ortho intramolecular Hbond substituents is 2. The Morgan fingerprint density at radius 1 is 1.07 bits per heavy atom. The van der Waals surface area contributed by atoms with Crippen LogP contribution in [-0.2, 0) is 35.1 Å². The van der Waals surface area contributed by atoms with Gasteiger partial charge < -0.3 is 50.5 Å². The van der Waals surface area contributed by atoms with E-state index in [-0.39, 0.29) is 89.8 Å². The molecule has 0 bridgehead atoms. The smallest absolute Gasteiger partial charge is 0.269 e. The number of ketones is 3. The first-order chi connectivity index (χ1) is 28.5. The Hall–Kier alpha value is -4.92. The number of aromatic hydroxyl groups is 2. The number of carbonyl (C=O) groups is 5. The van der Waals surface area contributed by atoms with Crippen LogP contribution in [0.5, 0.6) is 17.2 Å². The summed E-state index contributed by atoms with van der Waals surface area (Å²) >= 11 is 1.28. The number of hydrazone groups is 1. The molecule has 8 N–H and O–H groups in total. The molecular formula is C41H53N5O13S. The number of Topliss-reactive ketones (excluding diaryl/α,β-unsaturated/α-hetero) is 1. The van der Waals surface area contributed by atoms with Gasteiger partial charge >= 0.3 is 0 Å². The predicted octanol–water partition coefficient (Wildman–Crippen LogP) is 2.67. The zero-order valence-corrected chi connectivity index (χ0v) is 35.1. The van der Waals surface area contributed by atoms with Crippen molar-refractivity contribution < 1.29 is 63.4 Å². The van der Waals surface area contributed by atoms with Crippen molar-refractivity contribution in [1.82, 2.24) is 10.7 Å². The number of rotatable bonds is 18. The molecule has 5 rings (SSSR count). The van der Waals surface area contributed by atoms with E-state index >= 15 is 0 Å². The van der Waals surface area contributed by atoms with E-state index in [0.717, 1.165) is 0 Å². The molecule has 2 aliphatic carbocycles. The number of nitrogens with zero attached hydrogens (tertiary/aromatic N) is 2. The van der Waals surface area contributed by atoms with Crippen LogP contribution in [0.1, 0.15) is 122 Å². The van der Waals surface area contributed by atoms with E-state index in [4.69, 9.17) is 24.8 Å². The number of aliphatic hydroxyl groups excluding tert-OH is 1.